The summed E-state index contributed by atoms with van der Waals surface area (Å²) in [6, 6.07) is -14.9. The molecule has 2 unspecified atom stereocenters. The minimum atomic E-state index is -3.85. The van der Waals surface area contributed by atoms with Crippen molar-refractivity contribution in [1.29, 1.82) is 0 Å². The largest absolute Gasteiger partial charge is 0.390 e. The number of likely N-dealkylation sites (N-methyl/N-ethyl adjacent to an activating group) is 7. The Balaban J connectivity index is 3.17. The highest BCUT2D eigenvalue weighted by molar-refractivity contribution is 7.90. The molecule has 2 rings (SSSR count). The Morgan fingerprint density at radius 2 is 0.959 bits per heavy atom. The SMILES string of the molecule is C/C=C/C[C@@H](C)[C@@H](O)[C@H]1C(=O)N[C@@H](CC)C(=O)N(C)[C@H](CCCN2CCOCC2)C(=O)N(C)[C@@H]([C@H](C)CS(C)(=O)=O)C(=O)NC(C(C)C)C(=O)N(C)[C@@H](CC(C)C)C(=O)N[C@@H](C)C(=O)N[C@H](C)C(=O)N(C)[C@@H](CC(C)C)C(=O)N(C)[C@@H](CC(C)C)C(=O)N(C)C(C(C)C)C(=O)N1C. The van der Waals surface area contributed by atoms with Crippen molar-refractivity contribution in [2.75, 3.05) is 94.2 Å². The van der Waals surface area contributed by atoms with Crippen molar-refractivity contribution in [2.45, 2.75) is 228 Å². The number of carbonyl (C=O) groups excluding carboxylic acids is 11. The number of carbonyl (C=O) groups is 11. The van der Waals surface area contributed by atoms with Crippen LogP contribution in [-0.2, 0) is 67.3 Å². The molecule has 0 aliphatic carbocycles. The number of ether oxygens (including phenoxy) is 1. The van der Waals surface area contributed by atoms with Gasteiger partial charge in [-0.1, -0.05) is 102 Å². The van der Waals surface area contributed by atoms with Crippen LogP contribution in [0.4, 0.5) is 0 Å². The Labute approximate surface area is 579 Å². The van der Waals surface area contributed by atoms with Crippen LogP contribution in [0, 0.1) is 41.4 Å². The lowest BCUT2D eigenvalue weighted by Crippen LogP contribution is -2.64. The van der Waals surface area contributed by atoms with E-state index in [0.717, 1.165) is 16.1 Å². The fraction of sp³-hybridized carbons (Fsp3) is 0.812. The summed E-state index contributed by atoms with van der Waals surface area (Å²) in [5, 5.41) is 23.3. The summed E-state index contributed by atoms with van der Waals surface area (Å²) >= 11 is 0. The molecule has 2 fully saturated rings. The first-order valence-corrected chi connectivity index (χ1v) is 36.8. The normalized spacial score (nSPS) is 27.4. The summed E-state index contributed by atoms with van der Waals surface area (Å²) in [6.07, 6.45) is 3.86. The maximum atomic E-state index is 15.5. The number of nitrogens with one attached hydrogen (secondary N) is 4. The van der Waals surface area contributed by atoms with E-state index in [-0.39, 0.29) is 56.3 Å². The van der Waals surface area contributed by atoms with Crippen LogP contribution >= 0.6 is 0 Å². The number of sulfone groups is 1. The number of amides is 11. The van der Waals surface area contributed by atoms with Crippen LogP contribution < -0.4 is 21.3 Å². The highest BCUT2D eigenvalue weighted by Gasteiger charge is 2.47. The molecular formula is C69H124N12O15S. The zero-order valence-electron chi connectivity index (χ0n) is 63.0. The average Bonchev–Trinajstić information content (AvgIpc) is 0.808. The molecule has 556 valence electrons. The topological polar surface area (TPSA) is 325 Å². The third kappa shape index (κ3) is 24.8. The van der Waals surface area contributed by atoms with Crippen molar-refractivity contribution >= 4 is 74.8 Å². The average molecular weight is 1390 g/mol. The van der Waals surface area contributed by atoms with Crippen LogP contribution in [0.15, 0.2) is 12.2 Å². The van der Waals surface area contributed by atoms with Gasteiger partial charge in [0, 0.05) is 68.7 Å². The van der Waals surface area contributed by atoms with E-state index in [9.17, 15) is 32.7 Å². The number of allylic oxidation sites excluding steroid dienone is 2. The first kappa shape index (κ1) is 86.8. The molecule has 2 saturated heterocycles. The molecular weight excluding hydrogens is 1270 g/mol. The molecule has 14 atom stereocenters. The second-order valence-corrected chi connectivity index (χ2v) is 31.5. The molecule has 0 spiro atoms. The molecule has 0 aromatic carbocycles. The molecule has 2 aliphatic rings. The van der Waals surface area contributed by atoms with Gasteiger partial charge in [-0.2, -0.15) is 0 Å². The maximum absolute atomic E-state index is 15.5. The molecule has 2 heterocycles. The van der Waals surface area contributed by atoms with Crippen LogP contribution in [0.2, 0.25) is 0 Å². The van der Waals surface area contributed by atoms with Crippen molar-refractivity contribution in [3.05, 3.63) is 12.2 Å². The van der Waals surface area contributed by atoms with Crippen LogP contribution in [0.25, 0.3) is 0 Å². The van der Waals surface area contributed by atoms with Crippen molar-refractivity contribution in [3.8, 4) is 0 Å². The smallest absolute Gasteiger partial charge is 0.246 e. The lowest BCUT2D eigenvalue weighted by atomic mass is 9.91. The molecule has 0 radical (unpaired) electrons. The second kappa shape index (κ2) is 39.5. The van der Waals surface area contributed by atoms with E-state index in [1.807, 2.05) is 41.5 Å². The lowest BCUT2D eigenvalue weighted by molar-refractivity contribution is -0.157. The zero-order chi connectivity index (χ0) is 74.6. The number of aliphatic hydroxyl groups excluding tert-OH is 1. The molecule has 27 nitrogen and oxygen atoms in total. The van der Waals surface area contributed by atoms with Gasteiger partial charge in [0.2, 0.25) is 65.0 Å². The first-order valence-electron chi connectivity index (χ1n) is 34.8. The number of hydrogen-bond acceptors (Lipinski definition) is 16. The number of rotatable bonds is 20. The van der Waals surface area contributed by atoms with Gasteiger partial charge >= 0.3 is 0 Å². The molecule has 28 heteroatoms. The minimum Gasteiger partial charge on any atom is -0.390 e. The molecule has 5 N–H and O–H groups in total. The maximum Gasteiger partial charge on any atom is 0.246 e. The van der Waals surface area contributed by atoms with E-state index in [4.69, 9.17) is 4.74 Å². The van der Waals surface area contributed by atoms with Crippen LogP contribution in [0.3, 0.4) is 0 Å². The monoisotopic (exact) mass is 1390 g/mol. The van der Waals surface area contributed by atoms with Crippen molar-refractivity contribution in [3.63, 3.8) is 0 Å². The minimum absolute atomic E-state index is 0.0119. The predicted octanol–water partition coefficient (Wildman–Crippen LogP) is 2.38. The summed E-state index contributed by atoms with van der Waals surface area (Å²) in [5.41, 5.74) is 0. The van der Waals surface area contributed by atoms with E-state index in [0.29, 0.717) is 39.3 Å². The van der Waals surface area contributed by atoms with E-state index in [2.05, 4.69) is 26.2 Å². The van der Waals surface area contributed by atoms with Gasteiger partial charge in [-0.15, -0.1) is 0 Å². The van der Waals surface area contributed by atoms with Gasteiger partial charge in [0.1, 0.15) is 76.3 Å². The summed E-state index contributed by atoms with van der Waals surface area (Å²) in [6.45, 7) is 29.9. The van der Waals surface area contributed by atoms with Crippen molar-refractivity contribution in [2.24, 2.45) is 41.4 Å². The van der Waals surface area contributed by atoms with E-state index < -0.39 is 177 Å². The molecule has 97 heavy (non-hydrogen) atoms. The molecule has 0 aromatic heterocycles. The van der Waals surface area contributed by atoms with Crippen molar-refractivity contribution in [1.82, 2.24) is 60.5 Å². The molecule has 0 saturated carbocycles. The third-order valence-electron chi connectivity index (χ3n) is 18.8. The summed E-state index contributed by atoms with van der Waals surface area (Å²) < 4.78 is 31.8. The van der Waals surface area contributed by atoms with Gasteiger partial charge < -0.3 is 65.4 Å². The summed E-state index contributed by atoms with van der Waals surface area (Å²) in [4.78, 5) is 175. The van der Waals surface area contributed by atoms with Crippen LogP contribution in [0.5, 0.6) is 0 Å². The van der Waals surface area contributed by atoms with Gasteiger partial charge in [-0.05, 0) is 114 Å². The number of morpholine rings is 1. The molecule has 2 aliphatic heterocycles. The molecule has 0 aromatic rings. The Morgan fingerprint density at radius 3 is 1.44 bits per heavy atom. The van der Waals surface area contributed by atoms with E-state index in [1.54, 1.807) is 60.6 Å². The highest BCUT2D eigenvalue weighted by Crippen LogP contribution is 2.27. The molecule has 11 amide bonds. The Bertz CT molecular complexity index is 2810. The quantitative estimate of drug-likeness (QED) is 0.109. The second-order valence-electron chi connectivity index (χ2n) is 29.3. The third-order valence-corrected chi connectivity index (χ3v) is 19.9. The van der Waals surface area contributed by atoms with Crippen LogP contribution in [-0.4, -0.2) is 284 Å². The highest BCUT2D eigenvalue weighted by atomic mass is 32.2. The predicted molar refractivity (Wildman–Crippen MR) is 373 cm³/mol. The fourth-order valence-electron chi connectivity index (χ4n) is 12.9. The molecule has 0 bridgehead atoms. The van der Waals surface area contributed by atoms with Crippen molar-refractivity contribution < 1.29 is 71.0 Å². The Kier molecular flexibility index (Phi) is 35.4. The summed E-state index contributed by atoms with van der Waals surface area (Å²) in [7, 11) is 5.86. The Morgan fingerprint density at radius 1 is 0.515 bits per heavy atom. The number of nitrogens with zero attached hydrogens (tertiary/aromatic N) is 8. The van der Waals surface area contributed by atoms with Gasteiger partial charge in [-0.25, -0.2) is 8.42 Å². The zero-order valence-corrected chi connectivity index (χ0v) is 63.8. The van der Waals surface area contributed by atoms with E-state index >= 15 is 33.6 Å². The lowest BCUT2D eigenvalue weighted by Gasteiger charge is -2.41. The van der Waals surface area contributed by atoms with E-state index in [1.165, 1.54) is 94.6 Å². The van der Waals surface area contributed by atoms with Gasteiger partial charge in [0.05, 0.1) is 25.1 Å². The van der Waals surface area contributed by atoms with Gasteiger partial charge in [-0.3, -0.25) is 57.6 Å². The van der Waals surface area contributed by atoms with Crippen LogP contribution in [0.1, 0.15) is 156 Å². The standard InChI is InChI=1S/C69H124N12O15S/c1-25-27-29-45(13)58(82)57-62(86)72-49(26-2)64(88)74(17)50(30-28-31-81-32-34-96-35-33-81)65(89)79(22)56(46(14)39-97(24,94)95)61(85)73-54(43(9)10)68(92)75(18)51(36-40(3)4)60(84)70-47(15)59(83)71-48(16)63(87)76(19)52(37-41(5)6)66(90)77(20)53(38-42(7)8)67(91)78(21)55(44(11)12)69(93)80(57)23/h25,27,40-58,82H,26,28-39H2,1-24H3,(H,70,84)(H,71,83)(H,72,86)(H,73,85)/b27-25+/t45-,46-,47+,48-,49+,50-,51+,52+,53+,54?,55?,56+,57+,58-/m1/s1. The van der Waals surface area contributed by atoms with Gasteiger partial charge in [0.15, 0.2) is 0 Å². The Hall–Kier alpha value is -6.26. The van der Waals surface area contributed by atoms with Gasteiger partial charge in [0.25, 0.3) is 0 Å². The number of hydrogen-bond donors (Lipinski definition) is 5. The first-order chi connectivity index (χ1) is 44.9. The fourth-order valence-corrected chi connectivity index (χ4v) is 14.1. The number of aliphatic hydroxyl groups is 1. The summed E-state index contributed by atoms with van der Waals surface area (Å²) in [5.74, 6) is -12.6.